The van der Waals surface area contributed by atoms with Gasteiger partial charge in [-0.3, -0.25) is 9.59 Å². The van der Waals surface area contributed by atoms with Gasteiger partial charge in [-0.1, -0.05) is 66.2 Å². The van der Waals surface area contributed by atoms with Crippen molar-refractivity contribution in [3.63, 3.8) is 0 Å². The van der Waals surface area contributed by atoms with Gasteiger partial charge in [-0.15, -0.1) is 0 Å². The maximum atomic E-state index is 13.0. The van der Waals surface area contributed by atoms with Crippen LogP contribution in [0.4, 0.5) is 5.69 Å². The Balaban J connectivity index is 1.28. The second-order valence-electron chi connectivity index (χ2n) is 7.88. The van der Waals surface area contributed by atoms with E-state index < -0.39 is 0 Å². The summed E-state index contributed by atoms with van der Waals surface area (Å²) in [5.74, 6) is -0.279. The largest absolute Gasteiger partial charge is 0.303 e. The van der Waals surface area contributed by atoms with E-state index in [4.69, 9.17) is 0 Å². The molecule has 1 aliphatic rings. The molecule has 5 heteroatoms. The number of amides is 2. The fourth-order valence-corrected chi connectivity index (χ4v) is 4.06. The van der Waals surface area contributed by atoms with Gasteiger partial charge in [-0.25, -0.2) is 5.43 Å². The van der Waals surface area contributed by atoms with Crippen molar-refractivity contribution in [3.05, 3.63) is 113 Å². The second-order valence-corrected chi connectivity index (χ2v) is 7.88. The highest BCUT2D eigenvalue weighted by molar-refractivity contribution is 6.24. The van der Waals surface area contributed by atoms with Gasteiger partial charge in [0.25, 0.3) is 11.8 Å². The summed E-state index contributed by atoms with van der Waals surface area (Å²) < 4.78 is 0. The first kappa shape index (κ1) is 19.7. The van der Waals surface area contributed by atoms with Gasteiger partial charge < -0.3 is 4.90 Å². The summed E-state index contributed by atoms with van der Waals surface area (Å²) >= 11 is 0. The topological polar surface area (TPSA) is 61.8 Å². The van der Waals surface area contributed by atoms with E-state index in [0.717, 1.165) is 38.7 Å². The maximum Gasteiger partial charge on any atom is 0.271 e. The average molecular weight is 419 g/mol. The van der Waals surface area contributed by atoms with Crippen LogP contribution in [-0.2, 0) is 6.54 Å². The van der Waals surface area contributed by atoms with Crippen LogP contribution in [-0.4, -0.2) is 18.0 Å². The molecule has 0 aromatic heterocycles. The number of nitrogens with one attached hydrogen (secondary N) is 1. The van der Waals surface area contributed by atoms with Crippen molar-refractivity contribution >= 4 is 34.5 Å². The highest BCUT2D eigenvalue weighted by Gasteiger charge is 2.29. The number of carbonyl (C=O) groups excluding carboxylic acids is 2. The molecule has 156 valence electrons. The molecule has 1 aliphatic heterocycles. The van der Waals surface area contributed by atoms with Crippen molar-refractivity contribution in [1.29, 1.82) is 0 Å². The monoisotopic (exact) mass is 419 g/mol. The summed E-state index contributed by atoms with van der Waals surface area (Å²) in [7, 11) is 0. The summed E-state index contributed by atoms with van der Waals surface area (Å²) in [6.07, 6.45) is 1.62. The highest BCUT2D eigenvalue weighted by Crippen LogP contribution is 2.37. The number of nitrogens with zero attached hydrogens (tertiary/aromatic N) is 2. The van der Waals surface area contributed by atoms with Gasteiger partial charge in [0.05, 0.1) is 18.4 Å². The first-order valence-electron chi connectivity index (χ1n) is 10.4. The number of carbonyl (C=O) groups is 2. The second kappa shape index (κ2) is 8.12. The Kier molecular flexibility index (Phi) is 5.00. The minimum absolute atomic E-state index is 0.00380. The average Bonchev–Trinajstić information content (AvgIpc) is 3.08. The summed E-state index contributed by atoms with van der Waals surface area (Å²) in [6.45, 7) is 2.45. The van der Waals surface area contributed by atoms with Crippen LogP contribution in [0.3, 0.4) is 0 Å². The van der Waals surface area contributed by atoms with Crippen molar-refractivity contribution in [2.24, 2.45) is 5.10 Å². The van der Waals surface area contributed by atoms with Crippen molar-refractivity contribution in [1.82, 2.24) is 5.43 Å². The molecule has 2 amide bonds. The first-order valence-corrected chi connectivity index (χ1v) is 10.4. The minimum atomic E-state index is -0.283. The molecule has 0 spiro atoms. The van der Waals surface area contributed by atoms with Crippen LogP contribution in [0.1, 0.15) is 37.4 Å². The molecule has 32 heavy (non-hydrogen) atoms. The Labute approximate surface area is 186 Å². The molecule has 0 saturated heterocycles. The molecular formula is C27H21N3O2. The van der Waals surface area contributed by atoms with Crippen LogP contribution in [0, 0.1) is 6.92 Å². The Morgan fingerprint density at radius 3 is 2.50 bits per heavy atom. The van der Waals surface area contributed by atoms with Gasteiger partial charge >= 0.3 is 0 Å². The van der Waals surface area contributed by atoms with Crippen molar-refractivity contribution in [2.45, 2.75) is 13.5 Å². The Morgan fingerprint density at radius 2 is 1.72 bits per heavy atom. The molecular weight excluding hydrogens is 398 g/mol. The fourth-order valence-electron chi connectivity index (χ4n) is 4.06. The summed E-state index contributed by atoms with van der Waals surface area (Å²) in [4.78, 5) is 27.1. The quantitative estimate of drug-likeness (QED) is 0.363. The lowest BCUT2D eigenvalue weighted by Crippen LogP contribution is -2.26. The zero-order valence-electron chi connectivity index (χ0n) is 17.6. The molecule has 5 rings (SSSR count). The zero-order valence-corrected chi connectivity index (χ0v) is 17.6. The Bertz CT molecular complexity index is 1370. The highest BCUT2D eigenvalue weighted by atomic mass is 16.2. The van der Waals surface area contributed by atoms with E-state index in [0.29, 0.717) is 12.1 Å². The molecule has 0 bridgehead atoms. The predicted octanol–water partition coefficient (Wildman–Crippen LogP) is 5.07. The van der Waals surface area contributed by atoms with Crippen LogP contribution in [0.5, 0.6) is 0 Å². The number of anilines is 1. The molecule has 1 N–H and O–H groups in total. The zero-order chi connectivity index (χ0) is 22.1. The molecule has 0 radical (unpaired) electrons. The van der Waals surface area contributed by atoms with Crippen LogP contribution < -0.4 is 10.3 Å². The van der Waals surface area contributed by atoms with E-state index in [1.807, 2.05) is 79.7 Å². The Hall–Kier alpha value is -4.25. The van der Waals surface area contributed by atoms with Gasteiger partial charge in [0.15, 0.2) is 0 Å². The van der Waals surface area contributed by atoms with Crippen molar-refractivity contribution < 1.29 is 9.59 Å². The predicted molar refractivity (Wildman–Crippen MR) is 127 cm³/mol. The smallest absolute Gasteiger partial charge is 0.271 e. The van der Waals surface area contributed by atoms with Gasteiger partial charge in [-0.05, 0) is 47.7 Å². The molecule has 0 saturated carbocycles. The third-order valence-electron chi connectivity index (χ3n) is 5.63. The van der Waals surface area contributed by atoms with Crippen LogP contribution in [0.25, 0.3) is 10.8 Å². The van der Waals surface area contributed by atoms with Crippen LogP contribution >= 0.6 is 0 Å². The van der Waals surface area contributed by atoms with Gasteiger partial charge in [-0.2, -0.15) is 5.10 Å². The number of aryl methyl sites for hydroxylation is 1. The first-order chi connectivity index (χ1) is 15.6. The van der Waals surface area contributed by atoms with Gasteiger partial charge in [0, 0.05) is 16.5 Å². The molecule has 1 heterocycles. The number of hydrogen-bond donors (Lipinski definition) is 1. The molecule has 4 aromatic rings. The summed E-state index contributed by atoms with van der Waals surface area (Å²) in [5.41, 5.74) is 7.73. The lowest BCUT2D eigenvalue weighted by molar-refractivity contribution is 0.0953. The fraction of sp³-hybridized carbons (Fsp3) is 0.0741. The van der Waals surface area contributed by atoms with Gasteiger partial charge in [0.2, 0.25) is 0 Å². The Morgan fingerprint density at radius 1 is 0.969 bits per heavy atom. The molecule has 0 aliphatic carbocycles. The number of benzene rings is 4. The number of hydrogen-bond acceptors (Lipinski definition) is 3. The van der Waals surface area contributed by atoms with Gasteiger partial charge in [0.1, 0.15) is 0 Å². The van der Waals surface area contributed by atoms with Crippen LogP contribution in [0.15, 0.2) is 90.0 Å². The number of hydrazone groups is 1. The van der Waals surface area contributed by atoms with E-state index in [9.17, 15) is 9.59 Å². The van der Waals surface area contributed by atoms with E-state index in [2.05, 4.69) is 10.5 Å². The van der Waals surface area contributed by atoms with Crippen molar-refractivity contribution in [3.8, 4) is 0 Å². The SMILES string of the molecule is Cc1cccc(C=NNC(=O)c2ccc(CN3C(=O)c4cccc5cccc3c45)cc2)c1. The van der Waals surface area contributed by atoms with E-state index >= 15 is 0 Å². The van der Waals surface area contributed by atoms with E-state index in [1.165, 1.54) is 0 Å². The molecule has 0 atom stereocenters. The molecule has 0 unspecified atom stereocenters. The molecule has 5 nitrogen and oxygen atoms in total. The minimum Gasteiger partial charge on any atom is -0.303 e. The summed E-state index contributed by atoms with van der Waals surface area (Å²) in [5, 5.41) is 6.11. The third kappa shape index (κ3) is 3.65. The molecule has 0 fully saturated rings. The summed E-state index contributed by atoms with van der Waals surface area (Å²) in [6, 6.07) is 26.9. The van der Waals surface area contributed by atoms with Crippen LogP contribution in [0.2, 0.25) is 0 Å². The van der Waals surface area contributed by atoms with E-state index in [1.54, 1.807) is 23.2 Å². The third-order valence-corrected chi connectivity index (χ3v) is 5.63. The van der Waals surface area contributed by atoms with E-state index in [-0.39, 0.29) is 11.8 Å². The molecule has 4 aromatic carbocycles. The van der Waals surface area contributed by atoms with Crippen molar-refractivity contribution in [2.75, 3.05) is 4.90 Å². The number of rotatable bonds is 5. The standard InChI is InChI=1S/C27H21N3O2/c1-18-5-2-6-20(15-18)16-28-29-26(31)22-13-11-19(12-14-22)17-30-24-10-4-8-21-7-3-9-23(25(21)24)27(30)32/h2-16H,17H2,1H3,(H,29,31). The lowest BCUT2D eigenvalue weighted by Gasteiger charge is -2.18. The normalized spacial score (nSPS) is 12.7. The lowest BCUT2D eigenvalue weighted by atomic mass is 10.1. The maximum absolute atomic E-state index is 13.0.